The minimum absolute atomic E-state index is 0.332. The Morgan fingerprint density at radius 3 is 2.15 bits per heavy atom. The van der Waals surface area contributed by atoms with Crippen LogP contribution in [0.1, 0.15) is 17.3 Å². The minimum Gasteiger partial charge on any atom is -0.496 e. The fourth-order valence-electron chi connectivity index (χ4n) is 2.03. The molecule has 4 nitrogen and oxygen atoms in total. The van der Waals surface area contributed by atoms with Gasteiger partial charge in [-0.2, -0.15) is 0 Å². The Morgan fingerprint density at radius 1 is 1.10 bits per heavy atom. The number of methoxy groups -OCH3 is 2. The molecule has 0 aliphatic rings. The molecule has 2 aromatic rings. The molecule has 0 amide bonds. The van der Waals surface area contributed by atoms with Crippen LogP contribution >= 0.6 is 15.9 Å². The molecule has 0 radical (unpaired) electrons. The third-order valence-electron chi connectivity index (χ3n) is 2.96. The summed E-state index contributed by atoms with van der Waals surface area (Å²) in [6.45, 7) is 2.11. The first-order valence-corrected chi connectivity index (χ1v) is 6.93. The van der Waals surface area contributed by atoms with Crippen LogP contribution in [0.2, 0.25) is 0 Å². The van der Waals surface area contributed by atoms with Gasteiger partial charge >= 0.3 is 5.97 Å². The fraction of sp³-hybridized carbons (Fsp3) is 0.267. The Hall–Kier alpha value is -1.75. The predicted molar refractivity (Wildman–Crippen MR) is 80.7 cm³/mol. The number of carbonyl (C=O) groups is 1. The molecule has 0 aromatic heterocycles. The molecule has 0 aliphatic carbocycles. The Kier molecular flexibility index (Phi) is 4.49. The average Bonchev–Trinajstić information content (AvgIpc) is 2.45. The van der Waals surface area contributed by atoms with E-state index in [9.17, 15) is 4.79 Å². The maximum atomic E-state index is 11.9. The largest absolute Gasteiger partial charge is 0.496 e. The average molecular weight is 339 g/mol. The zero-order chi connectivity index (χ0) is 14.7. The highest BCUT2D eigenvalue weighted by atomic mass is 79.9. The minimum atomic E-state index is -0.369. The number of fused-ring (bicyclic) bond motifs is 1. The summed E-state index contributed by atoms with van der Waals surface area (Å²) >= 11 is 3.40. The van der Waals surface area contributed by atoms with E-state index in [-0.39, 0.29) is 5.97 Å². The van der Waals surface area contributed by atoms with E-state index in [4.69, 9.17) is 14.2 Å². The summed E-state index contributed by atoms with van der Waals surface area (Å²) in [5.74, 6) is 1.03. The van der Waals surface area contributed by atoms with Crippen molar-refractivity contribution in [3.8, 4) is 11.5 Å². The predicted octanol–water partition coefficient (Wildman–Crippen LogP) is 3.80. The molecule has 0 bridgehead atoms. The molecule has 0 N–H and O–H groups in total. The quantitative estimate of drug-likeness (QED) is 0.795. The summed E-state index contributed by atoms with van der Waals surface area (Å²) in [6.07, 6.45) is 0. The van der Waals surface area contributed by atoms with Gasteiger partial charge in [-0.3, -0.25) is 0 Å². The molecule has 2 aromatic carbocycles. The Labute approximate surface area is 125 Å². The van der Waals surface area contributed by atoms with E-state index in [0.717, 1.165) is 16.5 Å². The highest BCUT2D eigenvalue weighted by Crippen LogP contribution is 2.36. The van der Waals surface area contributed by atoms with Gasteiger partial charge in [0.25, 0.3) is 0 Å². The molecule has 0 aliphatic heterocycles. The molecule has 0 saturated carbocycles. The van der Waals surface area contributed by atoms with Crippen molar-refractivity contribution < 1.29 is 19.0 Å². The van der Waals surface area contributed by atoms with Crippen LogP contribution in [0.25, 0.3) is 10.8 Å². The first-order chi connectivity index (χ1) is 9.62. The SMILES string of the molecule is CCOC(=O)c1cc2c(OC)ccc(OC)c2cc1Br. The van der Waals surface area contributed by atoms with Gasteiger partial charge in [-0.1, -0.05) is 0 Å². The molecule has 2 rings (SSSR count). The third kappa shape index (κ3) is 2.58. The Bertz CT molecular complexity index is 652. The summed E-state index contributed by atoms with van der Waals surface area (Å²) in [4.78, 5) is 11.9. The highest BCUT2D eigenvalue weighted by molar-refractivity contribution is 9.10. The van der Waals surface area contributed by atoms with Crippen LogP contribution < -0.4 is 9.47 Å². The Balaban J connectivity index is 2.70. The van der Waals surface area contributed by atoms with Crippen molar-refractivity contribution in [1.29, 1.82) is 0 Å². The van der Waals surface area contributed by atoms with E-state index in [0.29, 0.717) is 22.4 Å². The molecule has 5 heteroatoms. The van der Waals surface area contributed by atoms with Gasteiger partial charge in [0.1, 0.15) is 11.5 Å². The summed E-state index contributed by atoms with van der Waals surface area (Å²) < 4.78 is 16.4. The van der Waals surface area contributed by atoms with Crippen molar-refractivity contribution in [3.05, 3.63) is 34.3 Å². The topological polar surface area (TPSA) is 44.8 Å². The number of benzene rings is 2. The number of carbonyl (C=O) groups excluding carboxylic acids is 1. The maximum Gasteiger partial charge on any atom is 0.339 e. The third-order valence-corrected chi connectivity index (χ3v) is 3.62. The first kappa shape index (κ1) is 14.7. The zero-order valence-corrected chi connectivity index (χ0v) is 13.1. The van der Waals surface area contributed by atoms with Crippen molar-refractivity contribution in [2.45, 2.75) is 6.92 Å². The van der Waals surface area contributed by atoms with E-state index in [1.54, 1.807) is 27.2 Å². The van der Waals surface area contributed by atoms with Crippen LogP contribution in [0, 0.1) is 0 Å². The van der Waals surface area contributed by atoms with Crippen LogP contribution in [0.4, 0.5) is 0 Å². The molecule has 106 valence electrons. The van der Waals surface area contributed by atoms with Crippen molar-refractivity contribution in [2.75, 3.05) is 20.8 Å². The van der Waals surface area contributed by atoms with Crippen molar-refractivity contribution in [1.82, 2.24) is 0 Å². The molecule has 0 saturated heterocycles. The number of hydrogen-bond donors (Lipinski definition) is 0. The molecular formula is C15H15BrO4. The lowest BCUT2D eigenvalue weighted by Crippen LogP contribution is -2.05. The van der Waals surface area contributed by atoms with E-state index in [2.05, 4.69) is 15.9 Å². The van der Waals surface area contributed by atoms with E-state index >= 15 is 0 Å². The molecular weight excluding hydrogens is 324 g/mol. The number of esters is 1. The van der Waals surface area contributed by atoms with Gasteiger partial charge in [0.15, 0.2) is 0 Å². The number of hydrogen-bond acceptors (Lipinski definition) is 4. The molecule has 0 spiro atoms. The maximum absolute atomic E-state index is 11.9. The summed E-state index contributed by atoms with van der Waals surface area (Å²) in [6, 6.07) is 7.23. The molecule has 0 fully saturated rings. The first-order valence-electron chi connectivity index (χ1n) is 6.13. The van der Waals surface area contributed by atoms with Gasteiger partial charge in [-0.15, -0.1) is 0 Å². The summed E-state index contributed by atoms with van der Waals surface area (Å²) in [5, 5.41) is 1.67. The van der Waals surface area contributed by atoms with E-state index < -0.39 is 0 Å². The van der Waals surface area contributed by atoms with Crippen LogP contribution in [0.3, 0.4) is 0 Å². The fourth-order valence-corrected chi connectivity index (χ4v) is 2.54. The van der Waals surface area contributed by atoms with Crippen molar-refractivity contribution in [3.63, 3.8) is 0 Å². The van der Waals surface area contributed by atoms with E-state index in [1.807, 2.05) is 18.2 Å². The number of ether oxygens (including phenoxy) is 3. The van der Waals surface area contributed by atoms with Crippen LogP contribution in [-0.2, 0) is 4.74 Å². The lowest BCUT2D eigenvalue weighted by Gasteiger charge is -2.12. The number of rotatable bonds is 4. The molecule has 0 heterocycles. The highest BCUT2D eigenvalue weighted by Gasteiger charge is 2.16. The second-order valence-electron chi connectivity index (χ2n) is 4.07. The summed E-state index contributed by atoms with van der Waals surface area (Å²) in [7, 11) is 3.20. The van der Waals surface area contributed by atoms with Gasteiger partial charge in [-0.25, -0.2) is 4.79 Å². The molecule has 0 atom stereocenters. The van der Waals surface area contributed by atoms with Gasteiger partial charge in [0.05, 0.1) is 26.4 Å². The standard InChI is InChI=1S/C15H15BrO4/c1-4-20-15(17)11-7-9-10(8-12(11)16)14(19-3)6-5-13(9)18-2/h5-8H,4H2,1-3H3. The van der Waals surface area contributed by atoms with E-state index in [1.165, 1.54) is 0 Å². The molecule has 0 unspecified atom stereocenters. The second-order valence-corrected chi connectivity index (χ2v) is 4.92. The van der Waals surface area contributed by atoms with Crippen LogP contribution in [0.15, 0.2) is 28.7 Å². The Morgan fingerprint density at radius 2 is 1.65 bits per heavy atom. The number of halogens is 1. The second kappa shape index (κ2) is 6.13. The lowest BCUT2D eigenvalue weighted by atomic mass is 10.0. The van der Waals surface area contributed by atoms with Gasteiger partial charge < -0.3 is 14.2 Å². The lowest BCUT2D eigenvalue weighted by molar-refractivity contribution is 0.0525. The normalized spacial score (nSPS) is 10.4. The van der Waals surface area contributed by atoms with Crippen molar-refractivity contribution in [2.24, 2.45) is 0 Å². The molecule has 20 heavy (non-hydrogen) atoms. The van der Waals surface area contributed by atoms with Gasteiger partial charge in [0, 0.05) is 15.2 Å². The zero-order valence-electron chi connectivity index (χ0n) is 11.5. The van der Waals surface area contributed by atoms with Crippen LogP contribution in [-0.4, -0.2) is 26.8 Å². The van der Waals surface area contributed by atoms with Crippen molar-refractivity contribution >= 4 is 32.7 Å². The monoisotopic (exact) mass is 338 g/mol. The van der Waals surface area contributed by atoms with Gasteiger partial charge in [0.2, 0.25) is 0 Å². The van der Waals surface area contributed by atoms with Gasteiger partial charge in [-0.05, 0) is 47.1 Å². The smallest absolute Gasteiger partial charge is 0.339 e. The van der Waals surface area contributed by atoms with Crippen LogP contribution in [0.5, 0.6) is 11.5 Å². The summed E-state index contributed by atoms with van der Waals surface area (Å²) in [5.41, 5.74) is 0.464.